The van der Waals surface area contributed by atoms with E-state index in [9.17, 15) is 0 Å². The molecule has 7 aromatic rings. The number of benzene rings is 4. The highest BCUT2D eigenvalue weighted by Crippen LogP contribution is 2.42. The Balaban J connectivity index is 1.30. The van der Waals surface area contributed by atoms with Gasteiger partial charge in [-0.25, -0.2) is 9.67 Å². The minimum absolute atomic E-state index is 0.0106. The van der Waals surface area contributed by atoms with Gasteiger partial charge in [0.25, 0.3) is 0 Å². The first-order valence-electron chi connectivity index (χ1n) is 17.3. The van der Waals surface area contributed by atoms with Crippen LogP contribution in [0.15, 0.2) is 97.2 Å². The number of para-hydroxylation sites is 1. The summed E-state index contributed by atoms with van der Waals surface area (Å²) in [7, 11) is 0. The fourth-order valence-electron chi connectivity index (χ4n) is 7.59. The fourth-order valence-corrected chi connectivity index (χ4v) is 7.59. The molecule has 0 bridgehead atoms. The topological polar surface area (TPSA) is 44.9 Å². The van der Waals surface area contributed by atoms with Crippen LogP contribution in [-0.2, 0) is 11.8 Å². The van der Waals surface area contributed by atoms with E-state index in [0.717, 1.165) is 57.2 Å². The molecule has 0 aliphatic heterocycles. The Bertz CT molecular complexity index is 2350. The predicted octanol–water partition coefficient (Wildman–Crippen LogP) is 11.6. The monoisotopic (exact) mass is 646 g/mol. The van der Waals surface area contributed by atoms with Gasteiger partial charge in [0.1, 0.15) is 17.3 Å². The summed E-state index contributed by atoms with van der Waals surface area (Å²) < 4.78 is 10.9. The largest absolute Gasteiger partial charge is 0.457 e. The average Bonchev–Trinajstić information content (AvgIpc) is 3.53. The number of aryl methyl sites for hydroxylation is 3. The van der Waals surface area contributed by atoms with Gasteiger partial charge in [0.05, 0.1) is 22.4 Å². The molecule has 0 atom stereocenters. The van der Waals surface area contributed by atoms with E-state index in [1.54, 1.807) is 0 Å². The van der Waals surface area contributed by atoms with E-state index in [4.69, 9.17) is 14.8 Å². The molecule has 0 fully saturated rings. The Morgan fingerprint density at radius 3 is 2.24 bits per heavy atom. The third-order valence-corrected chi connectivity index (χ3v) is 9.49. The Hall–Kier alpha value is -5.16. The third-order valence-electron chi connectivity index (χ3n) is 9.49. The number of nitrogens with zero attached hydrogens (tertiary/aromatic N) is 4. The molecule has 5 nitrogen and oxygen atoms in total. The molecule has 49 heavy (non-hydrogen) atoms. The highest BCUT2D eigenvalue weighted by molar-refractivity contribution is 6.09. The molecule has 0 spiro atoms. The zero-order chi connectivity index (χ0) is 34.6. The van der Waals surface area contributed by atoms with Gasteiger partial charge in [0.15, 0.2) is 0 Å². The van der Waals surface area contributed by atoms with Crippen molar-refractivity contribution in [3.05, 3.63) is 131 Å². The number of hydrogen-bond acceptors (Lipinski definition) is 3. The lowest BCUT2D eigenvalue weighted by Gasteiger charge is -2.28. The summed E-state index contributed by atoms with van der Waals surface area (Å²) in [5.74, 6) is 2.97. The second-order valence-corrected chi connectivity index (χ2v) is 14.9. The van der Waals surface area contributed by atoms with E-state index in [1.807, 2.05) is 24.4 Å². The van der Waals surface area contributed by atoms with Crippen LogP contribution in [0.4, 0.5) is 0 Å². The number of fused-ring (bicyclic) bond motifs is 3. The maximum Gasteiger partial charge on any atom is 0.137 e. The Kier molecular flexibility index (Phi) is 8.18. The first-order chi connectivity index (χ1) is 23.4. The summed E-state index contributed by atoms with van der Waals surface area (Å²) in [6.07, 6.45) is 2.89. The molecule has 5 heteroatoms. The lowest BCUT2D eigenvalue weighted by Crippen LogP contribution is -2.17. The second kappa shape index (κ2) is 12.4. The molecule has 0 saturated heterocycles. The van der Waals surface area contributed by atoms with Crippen LogP contribution in [-0.4, -0.2) is 19.3 Å². The summed E-state index contributed by atoms with van der Waals surface area (Å²) >= 11 is 0. The van der Waals surface area contributed by atoms with Crippen LogP contribution >= 0.6 is 0 Å². The molecular formula is C44H46N4O. The van der Waals surface area contributed by atoms with E-state index in [-0.39, 0.29) is 5.41 Å². The molecule has 0 N–H and O–H groups in total. The highest BCUT2D eigenvalue weighted by atomic mass is 16.5. The second-order valence-electron chi connectivity index (χ2n) is 14.9. The van der Waals surface area contributed by atoms with Crippen LogP contribution in [0.5, 0.6) is 11.5 Å². The van der Waals surface area contributed by atoms with Crippen LogP contribution < -0.4 is 4.74 Å². The highest BCUT2D eigenvalue weighted by Gasteiger charge is 2.28. The van der Waals surface area contributed by atoms with Crippen molar-refractivity contribution in [1.29, 1.82) is 0 Å². The molecule has 248 valence electrons. The summed E-state index contributed by atoms with van der Waals surface area (Å²) in [4.78, 5) is 4.74. The maximum absolute atomic E-state index is 6.59. The molecule has 7 rings (SSSR count). The van der Waals surface area contributed by atoms with Crippen LogP contribution in [0.25, 0.3) is 44.4 Å². The van der Waals surface area contributed by atoms with Gasteiger partial charge in [-0.3, -0.25) is 4.57 Å². The van der Waals surface area contributed by atoms with E-state index < -0.39 is 0 Å². The lowest BCUT2D eigenvalue weighted by molar-refractivity contribution is 0.482. The van der Waals surface area contributed by atoms with Gasteiger partial charge in [-0.15, -0.1) is 0 Å². The Morgan fingerprint density at radius 2 is 1.49 bits per heavy atom. The quantitative estimate of drug-likeness (QED) is 0.173. The summed E-state index contributed by atoms with van der Waals surface area (Å²) in [5, 5.41) is 7.50. The van der Waals surface area contributed by atoms with E-state index in [1.165, 1.54) is 38.8 Å². The van der Waals surface area contributed by atoms with E-state index in [0.29, 0.717) is 5.92 Å². The van der Waals surface area contributed by atoms with Gasteiger partial charge in [-0.1, -0.05) is 71.0 Å². The number of ether oxygens (including phenoxy) is 1. The summed E-state index contributed by atoms with van der Waals surface area (Å²) in [6.45, 7) is 20.2. The molecular weight excluding hydrogens is 601 g/mol. The normalized spacial score (nSPS) is 12.0. The first kappa shape index (κ1) is 32.4. The van der Waals surface area contributed by atoms with Gasteiger partial charge < -0.3 is 4.74 Å². The maximum atomic E-state index is 6.59. The molecule has 0 aliphatic rings. The van der Waals surface area contributed by atoms with Gasteiger partial charge in [0.2, 0.25) is 0 Å². The van der Waals surface area contributed by atoms with Gasteiger partial charge in [-0.05, 0) is 116 Å². The molecule has 3 heterocycles. The van der Waals surface area contributed by atoms with Crippen molar-refractivity contribution in [3.8, 4) is 34.1 Å². The van der Waals surface area contributed by atoms with Crippen LogP contribution in [0.3, 0.4) is 0 Å². The Labute approximate surface area is 290 Å². The minimum Gasteiger partial charge on any atom is -0.457 e. The standard InChI is InChI=1S/C44H46N4O/c1-27(2)23-32-18-17-29(4)43(44(7,8)9)42(32)41-30(5)46-48(31(41)6)33-13-12-14-34(25-33)49-35-19-20-37-36-15-10-11-16-38(36)47(39(37)26-35)40-24-28(3)21-22-45-40/h10-22,24-27H,23H2,1-9H3. The minimum atomic E-state index is -0.0106. The SMILES string of the molecule is Cc1ccnc(-n2c3ccccc3c3ccc(Oc4cccc(-n5nc(C)c(-c6c(CC(C)C)ccc(C)c6C(C)(C)C)c5C)c4)cc32)c1. The van der Waals surface area contributed by atoms with Crippen molar-refractivity contribution < 1.29 is 4.74 Å². The van der Waals surface area contributed by atoms with Crippen molar-refractivity contribution in [2.45, 2.75) is 74.1 Å². The fraction of sp³-hybridized carbons (Fsp3) is 0.273. The van der Waals surface area contributed by atoms with Crippen molar-refractivity contribution >= 4 is 21.8 Å². The molecule has 0 amide bonds. The Morgan fingerprint density at radius 1 is 0.735 bits per heavy atom. The van der Waals surface area contributed by atoms with Gasteiger partial charge in [0, 0.05) is 40.4 Å². The van der Waals surface area contributed by atoms with Crippen LogP contribution in [0, 0.1) is 33.6 Å². The molecule has 0 unspecified atom stereocenters. The van der Waals surface area contributed by atoms with Crippen molar-refractivity contribution in [3.63, 3.8) is 0 Å². The van der Waals surface area contributed by atoms with Crippen LogP contribution in [0.1, 0.15) is 68.3 Å². The van der Waals surface area contributed by atoms with Crippen LogP contribution in [0.2, 0.25) is 0 Å². The summed E-state index contributed by atoms with van der Waals surface area (Å²) in [6, 6.07) is 31.8. The summed E-state index contributed by atoms with van der Waals surface area (Å²) in [5.41, 5.74) is 13.2. The average molecular weight is 647 g/mol. The molecule has 3 aromatic heterocycles. The van der Waals surface area contributed by atoms with E-state index in [2.05, 4.69) is 144 Å². The number of aromatic nitrogens is 4. The number of hydrogen-bond donors (Lipinski definition) is 0. The van der Waals surface area contributed by atoms with Crippen molar-refractivity contribution in [2.75, 3.05) is 0 Å². The molecule has 0 radical (unpaired) electrons. The lowest BCUT2D eigenvalue weighted by atomic mass is 9.76. The zero-order valence-corrected chi connectivity index (χ0v) is 30.2. The number of rotatable bonds is 7. The smallest absolute Gasteiger partial charge is 0.137 e. The van der Waals surface area contributed by atoms with Gasteiger partial charge in [-0.2, -0.15) is 5.10 Å². The first-order valence-corrected chi connectivity index (χ1v) is 17.3. The van der Waals surface area contributed by atoms with Crippen molar-refractivity contribution in [1.82, 2.24) is 19.3 Å². The molecule has 4 aromatic carbocycles. The van der Waals surface area contributed by atoms with E-state index >= 15 is 0 Å². The van der Waals surface area contributed by atoms with Crippen molar-refractivity contribution in [2.24, 2.45) is 5.92 Å². The number of pyridine rings is 1. The van der Waals surface area contributed by atoms with Gasteiger partial charge >= 0.3 is 0 Å². The zero-order valence-electron chi connectivity index (χ0n) is 30.2. The molecule has 0 aliphatic carbocycles. The molecule has 0 saturated carbocycles. The predicted molar refractivity (Wildman–Crippen MR) is 204 cm³/mol. The third kappa shape index (κ3) is 5.92.